The fourth-order valence-corrected chi connectivity index (χ4v) is 3.31. The Labute approximate surface area is 136 Å². The smallest absolute Gasteiger partial charge is 0.417 e. The molecule has 1 saturated carbocycles. The van der Waals surface area contributed by atoms with E-state index in [2.05, 4.69) is 5.32 Å². The molecule has 132 valence electrons. The zero-order valence-electron chi connectivity index (χ0n) is 12.9. The Hall–Kier alpha value is -1.80. The number of nitrogens with one attached hydrogen (secondary N) is 1. The van der Waals surface area contributed by atoms with E-state index in [0.717, 1.165) is 18.6 Å². The standard InChI is InChI=1S/C16H18F3NO4/c17-16(18,19)13-4-3-11(21)8-12(13)14(22)20-10-2-1-5-15(9-10)23-6-7-24-15/h3-4,8,10,21H,1-2,5-7,9H2,(H,20,22)/t10-/m0/s1. The lowest BCUT2D eigenvalue weighted by Crippen LogP contribution is -2.46. The number of alkyl halides is 3. The monoisotopic (exact) mass is 345 g/mol. The molecule has 2 aliphatic rings. The second-order valence-corrected chi connectivity index (χ2v) is 6.10. The summed E-state index contributed by atoms with van der Waals surface area (Å²) in [6, 6.07) is 2.11. The van der Waals surface area contributed by atoms with Crippen molar-refractivity contribution in [3.63, 3.8) is 0 Å². The Morgan fingerprint density at radius 3 is 2.67 bits per heavy atom. The zero-order valence-corrected chi connectivity index (χ0v) is 12.9. The van der Waals surface area contributed by atoms with Gasteiger partial charge in [-0.15, -0.1) is 0 Å². The van der Waals surface area contributed by atoms with Gasteiger partial charge in [-0.2, -0.15) is 13.2 Å². The van der Waals surface area contributed by atoms with Gasteiger partial charge >= 0.3 is 6.18 Å². The van der Waals surface area contributed by atoms with Crippen molar-refractivity contribution in [3.8, 4) is 5.75 Å². The summed E-state index contributed by atoms with van der Waals surface area (Å²) in [6.07, 6.45) is -2.18. The summed E-state index contributed by atoms with van der Waals surface area (Å²) in [5.74, 6) is -1.99. The van der Waals surface area contributed by atoms with Crippen LogP contribution in [0.15, 0.2) is 18.2 Å². The number of phenolic OH excluding ortho intramolecular Hbond substituents is 1. The predicted octanol–water partition coefficient (Wildman–Crippen LogP) is 2.83. The van der Waals surface area contributed by atoms with E-state index in [1.165, 1.54) is 0 Å². The number of hydrogen-bond acceptors (Lipinski definition) is 4. The molecule has 1 atom stereocenters. The van der Waals surface area contributed by atoms with Crippen LogP contribution in [0.4, 0.5) is 13.2 Å². The highest BCUT2D eigenvalue weighted by Gasteiger charge is 2.42. The molecule has 1 aromatic carbocycles. The molecule has 1 amide bonds. The van der Waals surface area contributed by atoms with Gasteiger partial charge in [-0.1, -0.05) is 0 Å². The van der Waals surface area contributed by atoms with Crippen molar-refractivity contribution in [3.05, 3.63) is 29.3 Å². The Morgan fingerprint density at radius 2 is 2.00 bits per heavy atom. The Bertz CT molecular complexity index is 626. The number of hydrogen-bond donors (Lipinski definition) is 2. The highest BCUT2D eigenvalue weighted by Crippen LogP contribution is 2.37. The molecule has 1 aliphatic carbocycles. The van der Waals surface area contributed by atoms with Gasteiger partial charge in [0.1, 0.15) is 5.75 Å². The maximum Gasteiger partial charge on any atom is 0.417 e. The SMILES string of the molecule is O=C(N[C@H]1CCCC2(C1)OCCO2)c1cc(O)ccc1C(F)(F)F. The fourth-order valence-electron chi connectivity index (χ4n) is 3.31. The summed E-state index contributed by atoms with van der Waals surface area (Å²) in [6.45, 7) is 0.955. The van der Waals surface area contributed by atoms with Crippen LogP contribution in [0.25, 0.3) is 0 Å². The third kappa shape index (κ3) is 3.49. The minimum absolute atomic E-state index is 0.340. The number of phenols is 1. The molecule has 0 bridgehead atoms. The lowest BCUT2D eigenvalue weighted by Gasteiger charge is -2.36. The normalized spacial score (nSPS) is 23.4. The van der Waals surface area contributed by atoms with Crippen molar-refractivity contribution in [2.45, 2.75) is 43.7 Å². The summed E-state index contributed by atoms with van der Waals surface area (Å²) in [4.78, 5) is 12.3. The summed E-state index contributed by atoms with van der Waals surface area (Å²) in [5.41, 5.74) is -1.66. The van der Waals surface area contributed by atoms with Gasteiger partial charge < -0.3 is 19.9 Å². The first-order valence-corrected chi connectivity index (χ1v) is 7.78. The Morgan fingerprint density at radius 1 is 1.29 bits per heavy atom. The van der Waals surface area contributed by atoms with E-state index in [1.807, 2.05) is 0 Å². The number of aromatic hydroxyl groups is 1. The van der Waals surface area contributed by atoms with Gasteiger partial charge in [0.05, 0.1) is 24.3 Å². The largest absolute Gasteiger partial charge is 0.508 e. The lowest BCUT2D eigenvalue weighted by molar-refractivity contribution is -0.181. The average Bonchev–Trinajstić information content (AvgIpc) is 2.93. The molecule has 1 saturated heterocycles. The quantitative estimate of drug-likeness (QED) is 0.865. The molecule has 1 spiro atoms. The van der Waals surface area contributed by atoms with Crippen LogP contribution in [0.1, 0.15) is 41.6 Å². The second kappa shape index (κ2) is 6.25. The number of carbonyl (C=O) groups excluding carboxylic acids is 1. The van der Waals surface area contributed by atoms with Crippen LogP contribution < -0.4 is 5.32 Å². The van der Waals surface area contributed by atoms with Gasteiger partial charge in [0.25, 0.3) is 5.91 Å². The van der Waals surface area contributed by atoms with E-state index in [1.54, 1.807) is 0 Å². The van der Waals surface area contributed by atoms with Gasteiger partial charge in [-0.25, -0.2) is 0 Å². The maximum atomic E-state index is 13.1. The molecule has 24 heavy (non-hydrogen) atoms. The summed E-state index contributed by atoms with van der Waals surface area (Å²) >= 11 is 0. The van der Waals surface area contributed by atoms with E-state index < -0.39 is 34.7 Å². The summed E-state index contributed by atoms with van der Waals surface area (Å²) < 4.78 is 50.4. The third-order valence-electron chi connectivity index (χ3n) is 4.37. The molecule has 3 rings (SSSR count). The van der Waals surface area contributed by atoms with E-state index >= 15 is 0 Å². The van der Waals surface area contributed by atoms with E-state index in [-0.39, 0.29) is 6.04 Å². The summed E-state index contributed by atoms with van der Waals surface area (Å²) in [5, 5.41) is 12.1. The molecule has 0 radical (unpaired) electrons. The molecule has 1 aliphatic heterocycles. The van der Waals surface area contributed by atoms with Gasteiger partial charge in [-0.05, 0) is 31.0 Å². The number of halogens is 3. The van der Waals surface area contributed by atoms with Crippen molar-refractivity contribution in [1.82, 2.24) is 5.32 Å². The van der Waals surface area contributed by atoms with Crippen molar-refractivity contribution < 1.29 is 32.5 Å². The molecule has 1 aromatic rings. The molecule has 0 aromatic heterocycles. The fraction of sp³-hybridized carbons (Fsp3) is 0.562. The average molecular weight is 345 g/mol. The molecule has 8 heteroatoms. The maximum absolute atomic E-state index is 13.1. The Kier molecular flexibility index (Phi) is 4.44. The van der Waals surface area contributed by atoms with Gasteiger partial charge in [0, 0.05) is 18.9 Å². The van der Waals surface area contributed by atoms with Crippen LogP contribution in [-0.2, 0) is 15.7 Å². The van der Waals surface area contributed by atoms with Gasteiger partial charge in [0.2, 0.25) is 0 Å². The van der Waals surface area contributed by atoms with Crippen molar-refractivity contribution in [1.29, 1.82) is 0 Å². The minimum atomic E-state index is -4.67. The highest BCUT2D eigenvalue weighted by atomic mass is 19.4. The minimum Gasteiger partial charge on any atom is -0.508 e. The lowest BCUT2D eigenvalue weighted by atomic mass is 9.89. The number of carbonyl (C=O) groups is 1. The van der Waals surface area contributed by atoms with Crippen LogP contribution in [0, 0.1) is 0 Å². The first-order valence-electron chi connectivity index (χ1n) is 7.78. The molecular weight excluding hydrogens is 327 g/mol. The predicted molar refractivity (Wildman–Crippen MR) is 77.5 cm³/mol. The van der Waals surface area contributed by atoms with Crippen LogP contribution in [0.3, 0.4) is 0 Å². The third-order valence-corrected chi connectivity index (χ3v) is 4.37. The molecule has 2 fully saturated rings. The zero-order chi connectivity index (χ0) is 17.4. The van der Waals surface area contributed by atoms with Crippen molar-refractivity contribution in [2.24, 2.45) is 0 Å². The number of ether oxygens (including phenoxy) is 2. The number of benzene rings is 1. The van der Waals surface area contributed by atoms with Crippen molar-refractivity contribution >= 4 is 5.91 Å². The molecule has 0 unspecified atom stereocenters. The van der Waals surface area contributed by atoms with Gasteiger partial charge in [-0.3, -0.25) is 4.79 Å². The van der Waals surface area contributed by atoms with Crippen molar-refractivity contribution in [2.75, 3.05) is 13.2 Å². The van der Waals surface area contributed by atoms with E-state index in [9.17, 15) is 23.1 Å². The first kappa shape index (κ1) is 17.0. The van der Waals surface area contributed by atoms with E-state index in [4.69, 9.17) is 9.47 Å². The summed E-state index contributed by atoms with van der Waals surface area (Å²) in [7, 11) is 0. The van der Waals surface area contributed by atoms with Crippen LogP contribution >= 0.6 is 0 Å². The molecular formula is C16H18F3NO4. The van der Waals surface area contributed by atoms with Crippen LogP contribution in [0.5, 0.6) is 5.75 Å². The van der Waals surface area contributed by atoms with E-state index in [0.29, 0.717) is 38.5 Å². The first-order chi connectivity index (χ1) is 11.3. The Balaban J connectivity index is 1.76. The van der Waals surface area contributed by atoms with Crippen LogP contribution in [-0.4, -0.2) is 36.1 Å². The molecule has 1 heterocycles. The molecule has 5 nitrogen and oxygen atoms in total. The molecule has 2 N–H and O–H groups in total. The second-order valence-electron chi connectivity index (χ2n) is 6.10. The highest BCUT2D eigenvalue weighted by molar-refractivity contribution is 5.96. The number of rotatable bonds is 2. The number of amides is 1. The van der Waals surface area contributed by atoms with Gasteiger partial charge in [0.15, 0.2) is 5.79 Å². The topological polar surface area (TPSA) is 67.8 Å². The van der Waals surface area contributed by atoms with Crippen LogP contribution in [0.2, 0.25) is 0 Å².